The lowest BCUT2D eigenvalue weighted by atomic mass is 10.2. The minimum atomic E-state index is -0.383. The van der Waals surface area contributed by atoms with E-state index in [1.807, 2.05) is 36.4 Å². The average Bonchev–Trinajstić information content (AvgIpc) is 2.88. The summed E-state index contributed by atoms with van der Waals surface area (Å²) >= 11 is 5.96. The Morgan fingerprint density at radius 3 is 2.58 bits per heavy atom. The van der Waals surface area contributed by atoms with Gasteiger partial charge < -0.3 is 4.57 Å². The summed E-state index contributed by atoms with van der Waals surface area (Å²) in [6.45, 7) is 0. The second-order valence-corrected chi connectivity index (χ2v) is 6.06. The molecule has 7 heteroatoms. The van der Waals surface area contributed by atoms with Crippen molar-refractivity contribution in [1.82, 2.24) is 18.7 Å². The standard InChI is InChI=1S/C17H17ClN4O2/c1-20-13(9-5-7-11-6-4-8-12(18)10-11)19-15-14(20)16(23)22(3)17(24)21(15)2/h4-8,10H,9H2,1-3H3/b7-5+. The van der Waals surface area contributed by atoms with Crippen molar-refractivity contribution >= 4 is 28.8 Å². The van der Waals surface area contributed by atoms with E-state index in [2.05, 4.69) is 4.98 Å². The number of fused-ring (bicyclic) bond motifs is 1. The molecular formula is C17H17ClN4O2. The van der Waals surface area contributed by atoms with Gasteiger partial charge in [0.2, 0.25) is 0 Å². The van der Waals surface area contributed by atoms with Crippen LogP contribution in [0.4, 0.5) is 0 Å². The van der Waals surface area contributed by atoms with Gasteiger partial charge in [0.1, 0.15) is 5.82 Å². The molecule has 0 atom stereocenters. The number of benzene rings is 1. The Morgan fingerprint density at radius 2 is 1.88 bits per heavy atom. The Hall–Kier alpha value is -2.60. The molecule has 3 aromatic rings. The molecule has 0 amide bonds. The third-order valence-corrected chi connectivity index (χ3v) is 4.26. The molecule has 0 aliphatic heterocycles. The van der Waals surface area contributed by atoms with Crippen LogP contribution in [0.25, 0.3) is 17.2 Å². The summed E-state index contributed by atoms with van der Waals surface area (Å²) < 4.78 is 4.22. The number of imidazole rings is 1. The lowest BCUT2D eigenvalue weighted by Gasteiger charge is -2.03. The van der Waals surface area contributed by atoms with E-state index < -0.39 is 0 Å². The third kappa shape index (κ3) is 2.69. The second-order valence-electron chi connectivity index (χ2n) is 5.63. The largest absolute Gasteiger partial charge is 0.332 e. The highest BCUT2D eigenvalue weighted by atomic mass is 35.5. The summed E-state index contributed by atoms with van der Waals surface area (Å²) in [7, 11) is 4.86. The molecule has 2 aromatic heterocycles. The van der Waals surface area contributed by atoms with Crippen LogP contribution in [-0.4, -0.2) is 18.7 Å². The summed E-state index contributed by atoms with van der Waals surface area (Å²) in [5, 5.41) is 0.679. The third-order valence-electron chi connectivity index (χ3n) is 4.03. The smallest absolute Gasteiger partial charge is 0.325 e. The van der Waals surface area contributed by atoms with Crippen LogP contribution in [-0.2, 0) is 27.6 Å². The summed E-state index contributed by atoms with van der Waals surface area (Å²) in [4.78, 5) is 28.8. The van der Waals surface area contributed by atoms with Gasteiger partial charge in [-0.15, -0.1) is 0 Å². The van der Waals surface area contributed by atoms with Crippen molar-refractivity contribution in [1.29, 1.82) is 0 Å². The van der Waals surface area contributed by atoms with Crippen LogP contribution in [0.3, 0.4) is 0 Å². The zero-order valence-corrected chi connectivity index (χ0v) is 14.4. The Morgan fingerprint density at radius 1 is 1.12 bits per heavy atom. The van der Waals surface area contributed by atoms with Gasteiger partial charge in [0.05, 0.1) is 0 Å². The van der Waals surface area contributed by atoms with Gasteiger partial charge in [-0.25, -0.2) is 9.78 Å². The summed E-state index contributed by atoms with van der Waals surface area (Å²) in [6, 6.07) is 7.53. The van der Waals surface area contributed by atoms with Gasteiger partial charge in [0, 0.05) is 32.6 Å². The first-order valence-electron chi connectivity index (χ1n) is 7.43. The number of rotatable bonds is 3. The molecule has 0 saturated carbocycles. The quantitative estimate of drug-likeness (QED) is 0.729. The molecule has 0 saturated heterocycles. The van der Waals surface area contributed by atoms with Crippen LogP contribution in [0, 0.1) is 0 Å². The van der Waals surface area contributed by atoms with E-state index in [4.69, 9.17) is 11.6 Å². The van der Waals surface area contributed by atoms with Crippen LogP contribution in [0.15, 0.2) is 39.9 Å². The minimum Gasteiger partial charge on any atom is -0.325 e. The molecule has 0 N–H and O–H groups in total. The molecule has 24 heavy (non-hydrogen) atoms. The summed E-state index contributed by atoms with van der Waals surface area (Å²) in [5.41, 5.74) is 1.09. The maximum absolute atomic E-state index is 12.3. The number of halogens is 1. The van der Waals surface area contributed by atoms with E-state index in [9.17, 15) is 9.59 Å². The van der Waals surface area contributed by atoms with Crippen LogP contribution in [0.5, 0.6) is 0 Å². The maximum atomic E-state index is 12.3. The van der Waals surface area contributed by atoms with E-state index >= 15 is 0 Å². The molecule has 124 valence electrons. The lowest BCUT2D eigenvalue weighted by molar-refractivity contribution is 0.705. The number of hydrogen-bond donors (Lipinski definition) is 0. The number of aromatic nitrogens is 4. The van der Waals surface area contributed by atoms with Gasteiger partial charge in [0.15, 0.2) is 11.2 Å². The van der Waals surface area contributed by atoms with Crippen molar-refractivity contribution in [3.05, 3.63) is 67.6 Å². The lowest BCUT2D eigenvalue weighted by Crippen LogP contribution is -2.37. The monoisotopic (exact) mass is 344 g/mol. The Labute approximate surface area is 143 Å². The molecule has 2 heterocycles. The van der Waals surface area contributed by atoms with E-state index in [1.54, 1.807) is 18.7 Å². The fraction of sp³-hybridized carbons (Fsp3) is 0.235. The van der Waals surface area contributed by atoms with Crippen molar-refractivity contribution < 1.29 is 0 Å². The molecule has 0 aliphatic rings. The highest BCUT2D eigenvalue weighted by Crippen LogP contribution is 2.13. The highest BCUT2D eigenvalue weighted by Gasteiger charge is 2.15. The van der Waals surface area contributed by atoms with Crippen LogP contribution in [0.2, 0.25) is 5.02 Å². The normalized spacial score (nSPS) is 11.7. The Bertz CT molecular complexity index is 1070. The van der Waals surface area contributed by atoms with E-state index in [0.29, 0.717) is 28.4 Å². The Kier molecular flexibility index (Phi) is 4.15. The minimum absolute atomic E-state index is 0.340. The summed E-state index contributed by atoms with van der Waals surface area (Å²) in [6.07, 6.45) is 4.44. The topological polar surface area (TPSA) is 61.8 Å². The molecule has 6 nitrogen and oxygen atoms in total. The van der Waals surface area contributed by atoms with Gasteiger partial charge in [0.25, 0.3) is 5.56 Å². The number of hydrogen-bond acceptors (Lipinski definition) is 3. The molecule has 1 aromatic carbocycles. The molecule has 0 unspecified atom stereocenters. The number of nitrogens with zero attached hydrogens (tertiary/aromatic N) is 4. The molecule has 0 spiro atoms. The van der Waals surface area contributed by atoms with Crippen molar-refractivity contribution in [2.24, 2.45) is 21.1 Å². The van der Waals surface area contributed by atoms with Gasteiger partial charge in [-0.1, -0.05) is 35.9 Å². The highest BCUT2D eigenvalue weighted by molar-refractivity contribution is 6.30. The zero-order chi connectivity index (χ0) is 17.4. The maximum Gasteiger partial charge on any atom is 0.332 e. The van der Waals surface area contributed by atoms with Gasteiger partial charge in [-0.2, -0.15) is 0 Å². The van der Waals surface area contributed by atoms with Crippen LogP contribution in [0.1, 0.15) is 11.4 Å². The van der Waals surface area contributed by atoms with Crippen LogP contribution >= 0.6 is 11.6 Å². The summed E-state index contributed by atoms with van der Waals surface area (Å²) in [5.74, 6) is 0.710. The number of aryl methyl sites for hydroxylation is 2. The predicted molar refractivity (Wildman–Crippen MR) is 95.4 cm³/mol. The molecule has 0 aliphatic carbocycles. The van der Waals surface area contributed by atoms with Crippen molar-refractivity contribution in [3.63, 3.8) is 0 Å². The fourth-order valence-electron chi connectivity index (χ4n) is 2.66. The van der Waals surface area contributed by atoms with Crippen LogP contribution < -0.4 is 11.2 Å². The van der Waals surface area contributed by atoms with Gasteiger partial charge >= 0.3 is 5.69 Å². The average molecular weight is 345 g/mol. The van der Waals surface area contributed by atoms with E-state index in [0.717, 1.165) is 10.1 Å². The first-order chi connectivity index (χ1) is 11.4. The number of allylic oxidation sites excluding steroid dienone is 1. The first kappa shape index (κ1) is 16.3. The Balaban J connectivity index is 2.01. The molecule has 0 radical (unpaired) electrons. The first-order valence-corrected chi connectivity index (χ1v) is 7.81. The van der Waals surface area contributed by atoms with Gasteiger partial charge in [-0.05, 0) is 17.7 Å². The van der Waals surface area contributed by atoms with E-state index in [-0.39, 0.29) is 11.2 Å². The predicted octanol–water partition coefficient (Wildman–Crippen LogP) is 1.88. The molecule has 0 bridgehead atoms. The second kappa shape index (κ2) is 6.13. The molecular weight excluding hydrogens is 328 g/mol. The SMILES string of the molecule is Cn1c(=O)c2c(nc(C/C=C/c3cccc(Cl)c3)n2C)n(C)c1=O. The van der Waals surface area contributed by atoms with Gasteiger partial charge in [-0.3, -0.25) is 13.9 Å². The zero-order valence-electron chi connectivity index (χ0n) is 13.7. The van der Waals surface area contributed by atoms with E-state index in [1.165, 1.54) is 11.6 Å². The molecule has 3 rings (SSSR count). The fourth-order valence-corrected chi connectivity index (χ4v) is 2.86. The van der Waals surface area contributed by atoms with Crippen molar-refractivity contribution in [2.45, 2.75) is 6.42 Å². The van der Waals surface area contributed by atoms with Crippen molar-refractivity contribution in [2.75, 3.05) is 0 Å². The van der Waals surface area contributed by atoms with Crippen molar-refractivity contribution in [3.8, 4) is 0 Å². The molecule has 0 fully saturated rings.